The maximum Gasteiger partial charge on any atom is 0.263 e. The molecular weight excluding hydrogens is 324 g/mol. The topological polar surface area (TPSA) is 68.2 Å². The molecule has 0 atom stereocenters. The summed E-state index contributed by atoms with van der Waals surface area (Å²) in [6.45, 7) is 3.43. The second-order valence-electron chi connectivity index (χ2n) is 5.76. The van der Waals surface area contributed by atoms with Crippen molar-refractivity contribution in [1.82, 2.24) is 18.6 Å². The summed E-state index contributed by atoms with van der Waals surface area (Å²) in [7, 11) is 2.06. The van der Waals surface area contributed by atoms with E-state index in [-0.39, 0.29) is 0 Å². The lowest BCUT2D eigenvalue weighted by molar-refractivity contribution is 0.313. The van der Waals surface area contributed by atoms with Gasteiger partial charge in [0, 0.05) is 13.1 Å². The van der Waals surface area contributed by atoms with Crippen LogP contribution in [-0.2, 0) is 13.1 Å². The Morgan fingerprint density at radius 1 is 1.12 bits per heavy atom. The van der Waals surface area contributed by atoms with Crippen molar-refractivity contribution in [2.24, 2.45) is 0 Å². The molecule has 122 valence electrons. The van der Waals surface area contributed by atoms with Gasteiger partial charge in [-0.2, -0.15) is 8.75 Å². The molecule has 3 heterocycles. The lowest BCUT2D eigenvalue weighted by Crippen LogP contribution is -2.18. The summed E-state index contributed by atoms with van der Waals surface area (Å²) in [5, 5.41) is 0. The quantitative estimate of drug-likeness (QED) is 0.549. The second kappa shape index (κ2) is 6.18. The lowest BCUT2D eigenvalue weighted by Gasteiger charge is -2.15. The third-order valence-corrected chi connectivity index (χ3v) is 4.37. The van der Waals surface area contributed by atoms with E-state index in [4.69, 9.17) is 8.83 Å². The number of hydrogen-bond donors (Lipinski definition) is 0. The van der Waals surface area contributed by atoms with Crippen LogP contribution < -0.4 is 0 Å². The molecule has 0 fully saturated rings. The van der Waals surface area contributed by atoms with Crippen LogP contribution in [0.3, 0.4) is 0 Å². The molecule has 0 aliphatic heterocycles. The first-order valence-corrected chi connectivity index (χ1v) is 8.32. The molecule has 0 unspecified atom stereocenters. The Hall–Kier alpha value is -2.51. The fourth-order valence-electron chi connectivity index (χ4n) is 2.63. The zero-order valence-corrected chi connectivity index (χ0v) is 14.2. The van der Waals surface area contributed by atoms with Crippen LogP contribution in [0.5, 0.6) is 0 Å². The van der Waals surface area contributed by atoms with Crippen molar-refractivity contribution in [2.45, 2.75) is 20.0 Å². The van der Waals surface area contributed by atoms with Crippen LogP contribution in [0.15, 0.2) is 45.4 Å². The van der Waals surface area contributed by atoms with Crippen LogP contribution >= 0.6 is 11.7 Å². The van der Waals surface area contributed by atoms with E-state index in [2.05, 4.69) is 37.8 Å². The largest absolute Gasteiger partial charge is 0.459 e. The molecule has 0 aliphatic carbocycles. The van der Waals surface area contributed by atoms with Gasteiger partial charge in [-0.3, -0.25) is 4.90 Å². The van der Waals surface area contributed by atoms with Gasteiger partial charge < -0.3 is 8.83 Å². The first kappa shape index (κ1) is 15.0. The van der Waals surface area contributed by atoms with E-state index in [1.54, 1.807) is 6.26 Å². The van der Waals surface area contributed by atoms with Gasteiger partial charge in [0.05, 0.1) is 23.7 Å². The third-order valence-electron chi connectivity index (χ3n) is 3.81. The number of hydrogen-bond acceptors (Lipinski definition) is 7. The summed E-state index contributed by atoms with van der Waals surface area (Å²) in [6, 6.07) is 9.85. The van der Waals surface area contributed by atoms with E-state index < -0.39 is 0 Å². The molecule has 3 aromatic heterocycles. The fourth-order valence-corrected chi connectivity index (χ4v) is 3.15. The summed E-state index contributed by atoms with van der Waals surface area (Å²) in [4.78, 5) is 6.74. The highest BCUT2D eigenvalue weighted by molar-refractivity contribution is 7.00. The van der Waals surface area contributed by atoms with Crippen molar-refractivity contribution in [3.8, 4) is 11.7 Å². The van der Waals surface area contributed by atoms with Crippen molar-refractivity contribution in [3.63, 3.8) is 0 Å². The number of aryl methyl sites for hydroxylation is 1. The van der Waals surface area contributed by atoms with E-state index in [0.29, 0.717) is 18.2 Å². The highest BCUT2D eigenvalue weighted by atomic mass is 32.1. The Morgan fingerprint density at radius 2 is 2.00 bits per heavy atom. The molecule has 1 aromatic carbocycles. The molecule has 0 spiro atoms. The lowest BCUT2D eigenvalue weighted by atomic mass is 10.2. The normalized spacial score (nSPS) is 11.6. The van der Waals surface area contributed by atoms with E-state index in [1.807, 2.05) is 25.1 Å². The van der Waals surface area contributed by atoms with Gasteiger partial charge in [0.2, 0.25) is 0 Å². The standard InChI is InChI=1S/C17H16N4O2S/c1-11-15(18-17(23-11)16-4-3-7-22-16)10-21(2)9-12-5-6-13-14(8-12)20-24-19-13/h3-8H,9-10H2,1-2H3. The maximum absolute atomic E-state index is 5.71. The zero-order valence-electron chi connectivity index (χ0n) is 13.4. The first-order valence-electron chi connectivity index (χ1n) is 7.59. The van der Waals surface area contributed by atoms with Gasteiger partial charge in [-0.1, -0.05) is 6.07 Å². The van der Waals surface area contributed by atoms with Crippen LogP contribution in [0.4, 0.5) is 0 Å². The van der Waals surface area contributed by atoms with Crippen molar-refractivity contribution in [1.29, 1.82) is 0 Å². The molecular formula is C17H16N4O2S. The number of aromatic nitrogens is 3. The van der Waals surface area contributed by atoms with Crippen molar-refractivity contribution >= 4 is 22.8 Å². The number of rotatable bonds is 5. The number of furan rings is 1. The van der Waals surface area contributed by atoms with Crippen molar-refractivity contribution in [2.75, 3.05) is 7.05 Å². The minimum atomic E-state index is 0.524. The van der Waals surface area contributed by atoms with Gasteiger partial charge in [0.25, 0.3) is 5.89 Å². The highest BCUT2D eigenvalue weighted by Crippen LogP contribution is 2.23. The van der Waals surface area contributed by atoms with E-state index in [0.717, 1.165) is 29.0 Å². The predicted octanol–water partition coefficient (Wildman–Crippen LogP) is 3.88. The minimum Gasteiger partial charge on any atom is -0.459 e. The molecule has 24 heavy (non-hydrogen) atoms. The molecule has 0 radical (unpaired) electrons. The van der Waals surface area contributed by atoms with Gasteiger partial charge >= 0.3 is 0 Å². The van der Waals surface area contributed by atoms with Crippen LogP contribution in [-0.4, -0.2) is 25.7 Å². The average molecular weight is 340 g/mol. The van der Waals surface area contributed by atoms with Gasteiger partial charge in [-0.25, -0.2) is 4.98 Å². The minimum absolute atomic E-state index is 0.524. The Morgan fingerprint density at radius 3 is 2.83 bits per heavy atom. The van der Waals surface area contributed by atoms with Gasteiger partial charge in [-0.15, -0.1) is 0 Å². The molecule has 0 saturated carbocycles. The number of nitrogens with zero attached hydrogens (tertiary/aromatic N) is 4. The molecule has 4 aromatic rings. The van der Waals surface area contributed by atoms with Crippen molar-refractivity contribution in [3.05, 3.63) is 53.6 Å². The summed E-state index contributed by atoms with van der Waals surface area (Å²) in [5.41, 5.74) is 4.01. The number of benzene rings is 1. The number of oxazole rings is 1. The summed E-state index contributed by atoms with van der Waals surface area (Å²) >= 11 is 1.24. The van der Waals surface area contributed by atoms with Crippen LogP contribution in [0, 0.1) is 6.92 Å². The predicted molar refractivity (Wildman–Crippen MR) is 91.5 cm³/mol. The Balaban J connectivity index is 1.48. The SMILES string of the molecule is Cc1oc(-c2ccco2)nc1CN(C)Cc1ccc2nsnc2c1. The van der Waals surface area contributed by atoms with Crippen LogP contribution in [0.2, 0.25) is 0 Å². The molecule has 0 aliphatic rings. The van der Waals surface area contributed by atoms with Gasteiger partial charge in [-0.05, 0) is 43.8 Å². The second-order valence-corrected chi connectivity index (χ2v) is 6.29. The summed E-state index contributed by atoms with van der Waals surface area (Å²) < 4.78 is 19.6. The zero-order chi connectivity index (χ0) is 16.5. The smallest absolute Gasteiger partial charge is 0.263 e. The van der Waals surface area contributed by atoms with Crippen molar-refractivity contribution < 1.29 is 8.83 Å². The molecule has 0 N–H and O–H groups in total. The van der Waals surface area contributed by atoms with E-state index in [1.165, 1.54) is 17.3 Å². The van der Waals surface area contributed by atoms with Crippen LogP contribution in [0.1, 0.15) is 17.0 Å². The maximum atomic E-state index is 5.71. The Labute approximate surface area is 143 Å². The first-order chi connectivity index (χ1) is 11.7. The molecule has 0 saturated heterocycles. The van der Waals surface area contributed by atoms with Gasteiger partial charge in [0.15, 0.2) is 5.76 Å². The van der Waals surface area contributed by atoms with E-state index >= 15 is 0 Å². The number of fused-ring (bicyclic) bond motifs is 1. The third kappa shape index (κ3) is 2.95. The monoisotopic (exact) mass is 340 g/mol. The fraction of sp³-hybridized carbons (Fsp3) is 0.235. The van der Waals surface area contributed by atoms with Crippen LogP contribution in [0.25, 0.3) is 22.7 Å². The molecule has 6 nitrogen and oxygen atoms in total. The van der Waals surface area contributed by atoms with Gasteiger partial charge in [0.1, 0.15) is 16.8 Å². The summed E-state index contributed by atoms with van der Waals surface area (Å²) in [6.07, 6.45) is 1.62. The highest BCUT2D eigenvalue weighted by Gasteiger charge is 2.15. The Bertz CT molecular complexity index is 958. The molecule has 7 heteroatoms. The molecule has 4 rings (SSSR count). The molecule has 0 amide bonds. The average Bonchev–Trinajstić information content (AvgIpc) is 3.28. The Kier molecular flexibility index (Phi) is 3.87. The van der Waals surface area contributed by atoms with E-state index in [9.17, 15) is 0 Å². The summed E-state index contributed by atoms with van der Waals surface area (Å²) in [5.74, 6) is 1.98. The molecule has 0 bridgehead atoms.